The van der Waals surface area contributed by atoms with Crippen molar-refractivity contribution in [3.05, 3.63) is 56.3 Å². The Hall–Kier alpha value is -3.13. The second-order valence-electron chi connectivity index (χ2n) is 7.79. The predicted octanol–water partition coefficient (Wildman–Crippen LogP) is 4.09. The number of hydrogen-bond acceptors (Lipinski definition) is 7. The summed E-state index contributed by atoms with van der Waals surface area (Å²) >= 11 is 1.43. The minimum atomic E-state index is -0.441. The summed E-state index contributed by atoms with van der Waals surface area (Å²) in [7, 11) is 1.34. The van der Waals surface area contributed by atoms with E-state index in [0.717, 1.165) is 40.7 Å². The summed E-state index contributed by atoms with van der Waals surface area (Å²) in [6.07, 6.45) is 2.69. The number of anilines is 1. The Morgan fingerprint density at radius 2 is 2.10 bits per heavy atom. The Bertz CT molecular complexity index is 1220. The third kappa shape index (κ3) is 4.34. The SMILES string of the molecule is COC(=O)c1c(NC(=O)COc2ccc3c(C)cc(=O)oc3c2)sc2c1CCC(C)C2. The van der Waals surface area contributed by atoms with Crippen LogP contribution in [-0.2, 0) is 22.4 Å². The van der Waals surface area contributed by atoms with Crippen molar-refractivity contribution in [1.82, 2.24) is 0 Å². The summed E-state index contributed by atoms with van der Waals surface area (Å²) in [5, 5.41) is 4.11. The van der Waals surface area contributed by atoms with Crippen LogP contribution in [0, 0.1) is 12.8 Å². The Balaban J connectivity index is 1.50. The fourth-order valence-corrected chi connectivity index (χ4v) is 5.28. The molecule has 31 heavy (non-hydrogen) atoms. The molecule has 1 amide bonds. The van der Waals surface area contributed by atoms with Crippen molar-refractivity contribution in [2.75, 3.05) is 19.0 Å². The molecule has 1 aliphatic rings. The van der Waals surface area contributed by atoms with E-state index in [1.165, 1.54) is 24.5 Å². The molecule has 2 heterocycles. The van der Waals surface area contributed by atoms with Crippen LogP contribution in [-0.4, -0.2) is 25.6 Å². The van der Waals surface area contributed by atoms with Gasteiger partial charge in [-0.05, 0) is 55.4 Å². The minimum absolute atomic E-state index is 0.249. The highest BCUT2D eigenvalue weighted by atomic mass is 32.1. The first-order chi connectivity index (χ1) is 14.9. The lowest BCUT2D eigenvalue weighted by Gasteiger charge is -2.18. The number of nitrogens with one attached hydrogen (secondary N) is 1. The van der Waals surface area contributed by atoms with E-state index in [2.05, 4.69) is 12.2 Å². The molecule has 8 heteroatoms. The average molecular weight is 442 g/mol. The van der Waals surface area contributed by atoms with E-state index in [0.29, 0.717) is 27.8 Å². The van der Waals surface area contributed by atoms with Crippen LogP contribution in [0.25, 0.3) is 11.0 Å². The van der Waals surface area contributed by atoms with Gasteiger partial charge in [-0.3, -0.25) is 4.79 Å². The molecule has 7 nitrogen and oxygen atoms in total. The largest absolute Gasteiger partial charge is 0.484 e. The van der Waals surface area contributed by atoms with Crippen molar-refractivity contribution < 1.29 is 23.5 Å². The van der Waals surface area contributed by atoms with Crippen LogP contribution in [0.15, 0.2) is 33.5 Å². The van der Waals surface area contributed by atoms with Gasteiger partial charge in [0.25, 0.3) is 5.91 Å². The van der Waals surface area contributed by atoms with E-state index >= 15 is 0 Å². The molecule has 0 spiro atoms. The van der Waals surface area contributed by atoms with Gasteiger partial charge < -0.3 is 19.2 Å². The van der Waals surface area contributed by atoms with Crippen LogP contribution in [0.4, 0.5) is 5.00 Å². The number of fused-ring (bicyclic) bond motifs is 2. The van der Waals surface area contributed by atoms with Crippen molar-refractivity contribution in [2.24, 2.45) is 5.92 Å². The zero-order valence-electron chi connectivity index (χ0n) is 17.6. The average Bonchev–Trinajstić information content (AvgIpc) is 3.07. The highest BCUT2D eigenvalue weighted by Gasteiger charge is 2.28. The molecular formula is C23H23NO6S. The summed E-state index contributed by atoms with van der Waals surface area (Å²) < 4.78 is 15.7. The van der Waals surface area contributed by atoms with E-state index in [1.54, 1.807) is 18.2 Å². The summed E-state index contributed by atoms with van der Waals surface area (Å²) in [5.41, 5.74) is 2.20. The number of benzene rings is 1. The Morgan fingerprint density at radius 3 is 2.87 bits per heavy atom. The maximum Gasteiger partial charge on any atom is 0.341 e. The summed E-state index contributed by atoms with van der Waals surface area (Å²) in [6, 6.07) is 6.51. The zero-order valence-corrected chi connectivity index (χ0v) is 18.4. The molecule has 0 aliphatic heterocycles. The number of methoxy groups -OCH3 is 1. The topological polar surface area (TPSA) is 94.8 Å². The second-order valence-corrected chi connectivity index (χ2v) is 8.90. The standard InChI is InChI=1S/C23H23NO6S/c1-12-4-6-16-18(8-12)31-22(21(16)23(27)28-3)24-19(25)11-29-14-5-7-15-13(2)9-20(26)30-17(15)10-14/h5,7,9-10,12H,4,6,8,11H2,1-3H3,(H,24,25). The molecule has 2 aromatic heterocycles. The molecule has 1 N–H and O–H groups in total. The maximum absolute atomic E-state index is 12.5. The van der Waals surface area contributed by atoms with Gasteiger partial charge in [-0.15, -0.1) is 11.3 Å². The molecule has 0 saturated heterocycles. The first-order valence-corrected chi connectivity index (χ1v) is 10.9. The molecule has 1 atom stereocenters. The molecule has 4 rings (SSSR count). The first kappa shape index (κ1) is 21.1. The van der Waals surface area contributed by atoms with Gasteiger partial charge in [0, 0.05) is 22.4 Å². The zero-order chi connectivity index (χ0) is 22.1. The van der Waals surface area contributed by atoms with E-state index in [1.807, 2.05) is 6.92 Å². The number of thiophene rings is 1. The molecule has 1 aliphatic carbocycles. The van der Waals surface area contributed by atoms with Crippen molar-refractivity contribution >= 4 is 39.2 Å². The Labute approximate surface area is 183 Å². The molecule has 3 aromatic rings. The molecule has 0 bridgehead atoms. The van der Waals surface area contributed by atoms with Gasteiger partial charge in [-0.25, -0.2) is 9.59 Å². The molecule has 0 fully saturated rings. The van der Waals surface area contributed by atoms with E-state index in [9.17, 15) is 14.4 Å². The van der Waals surface area contributed by atoms with Crippen LogP contribution < -0.4 is 15.7 Å². The smallest absolute Gasteiger partial charge is 0.341 e. The number of ether oxygens (including phenoxy) is 2. The van der Waals surface area contributed by atoms with E-state index < -0.39 is 11.6 Å². The molecule has 162 valence electrons. The van der Waals surface area contributed by atoms with Crippen molar-refractivity contribution in [1.29, 1.82) is 0 Å². The lowest BCUT2D eigenvalue weighted by Crippen LogP contribution is -2.21. The molecule has 0 saturated carbocycles. The van der Waals surface area contributed by atoms with Gasteiger partial charge in [-0.2, -0.15) is 0 Å². The predicted molar refractivity (Wildman–Crippen MR) is 118 cm³/mol. The fourth-order valence-electron chi connectivity index (χ4n) is 3.86. The lowest BCUT2D eigenvalue weighted by atomic mass is 9.88. The first-order valence-electron chi connectivity index (χ1n) is 10.1. The summed E-state index contributed by atoms with van der Waals surface area (Å²) in [5.74, 6) is 0.120. The van der Waals surface area contributed by atoms with Crippen LogP contribution in [0.3, 0.4) is 0 Å². The van der Waals surface area contributed by atoms with E-state index in [4.69, 9.17) is 13.9 Å². The lowest BCUT2D eigenvalue weighted by molar-refractivity contribution is -0.118. The van der Waals surface area contributed by atoms with Gasteiger partial charge in [-0.1, -0.05) is 6.92 Å². The Morgan fingerprint density at radius 1 is 1.29 bits per heavy atom. The Kier molecular flexibility index (Phi) is 5.82. The van der Waals surface area contributed by atoms with Gasteiger partial charge in [0.1, 0.15) is 16.3 Å². The maximum atomic E-state index is 12.5. The quantitative estimate of drug-likeness (QED) is 0.473. The normalized spacial score (nSPS) is 15.4. The molecule has 1 unspecified atom stereocenters. The number of carbonyl (C=O) groups is 2. The number of hydrogen-bond donors (Lipinski definition) is 1. The third-order valence-corrected chi connectivity index (χ3v) is 6.62. The minimum Gasteiger partial charge on any atom is -0.484 e. The highest BCUT2D eigenvalue weighted by Crippen LogP contribution is 2.40. The van der Waals surface area contributed by atoms with Crippen LogP contribution in [0.2, 0.25) is 0 Å². The number of rotatable bonds is 5. The molecular weight excluding hydrogens is 418 g/mol. The molecule has 1 aromatic carbocycles. The van der Waals surface area contributed by atoms with Crippen molar-refractivity contribution in [3.8, 4) is 5.75 Å². The van der Waals surface area contributed by atoms with E-state index in [-0.39, 0.29) is 12.5 Å². The van der Waals surface area contributed by atoms with Gasteiger partial charge in [0.15, 0.2) is 6.61 Å². The van der Waals surface area contributed by atoms with Crippen LogP contribution >= 0.6 is 11.3 Å². The summed E-state index contributed by atoms with van der Waals surface area (Å²) in [6.45, 7) is 3.76. The monoisotopic (exact) mass is 441 g/mol. The van der Waals surface area contributed by atoms with Gasteiger partial charge in [0.2, 0.25) is 0 Å². The van der Waals surface area contributed by atoms with Crippen LogP contribution in [0.1, 0.15) is 39.7 Å². The van der Waals surface area contributed by atoms with Crippen molar-refractivity contribution in [3.63, 3.8) is 0 Å². The number of aryl methyl sites for hydroxylation is 1. The summed E-state index contributed by atoms with van der Waals surface area (Å²) in [4.78, 5) is 37.6. The second kappa shape index (κ2) is 8.55. The molecule has 0 radical (unpaired) electrons. The number of carbonyl (C=O) groups excluding carboxylic acids is 2. The van der Waals surface area contributed by atoms with Crippen LogP contribution in [0.5, 0.6) is 5.75 Å². The van der Waals surface area contributed by atoms with Gasteiger partial charge >= 0.3 is 11.6 Å². The highest BCUT2D eigenvalue weighted by molar-refractivity contribution is 7.17. The van der Waals surface area contributed by atoms with Crippen molar-refractivity contribution in [2.45, 2.75) is 33.1 Å². The number of amides is 1. The fraction of sp³-hybridized carbons (Fsp3) is 0.348. The number of esters is 1. The van der Waals surface area contributed by atoms with Gasteiger partial charge in [0.05, 0.1) is 12.7 Å². The third-order valence-electron chi connectivity index (χ3n) is 5.45.